The minimum atomic E-state index is -3.83. The Morgan fingerprint density at radius 1 is 1.05 bits per heavy atom. The van der Waals surface area contributed by atoms with E-state index in [1.807, 2.05) is 31.2 Å². The highest BCUT2D eigenvalue weighted by Crippen LogP contribution is 2.26. The molecule has 0 aliphatic rings. The van der Waals surface area contributed by atoms with E-state index in [1.165, 1.54) is 6.07 Å². The number of aryl methyl sites for hydroxylation is 1. The molecule has 2 aromatic rings. The predicted molar refractivity (Wildman–Crippen MR) is 76.7 cm³/mol. The minimum Gasteiger partial charge on any atom is -0.399 e. The number of benzene rings is 2. The van der Waals surface area contributed by atoms with Crippen molar-refractivity contribution >= 4 is 27.1 Å². The molecule has 5 nitrogen and oxygen atoms in total. The average Bonchev–Trinajstić information content (AvgIpc) is 2.33. The van der Waals surface area contributed by atoms with Gasteiger partial charge in [-0.3, -0.25) is 0 Å². The van der Waals surface area contributed by atoms with Crippen molar-refractivity contribution < 1.29 is 8.42 Å². The van der Waals surface area contributed by atoms with Gasteiger partial charge in [0.2, 0.25) is 10.0 Å². The molecule has 0 atom stereocenters. The Hall–Kier alpha value is -2.05. The van der Waals surface area contributed by atoms with Gasteiger partial charge in [0, 0.05) is 11.4 Å². The van der Waals surface area contributed by atoms with E-state index < -0.39 is 10.0 Å². The smallest absolute Gasteiger partial charge is 0.240 e. The van der Waals surface area contributed by atoms with E-state index in [9.17, 15) is 8.42 Å². The fourth-order valence-electron chi connectivity index (χ4n) is 1.67. The third-order valence-corrected chi connectivity index (χ3v) is 3.59. The number of anilines is 3. The summed E-state index contributed by atoms with van der Waals surface area (Å²) >= 11 is 0. The topological polar surface area (TPSA) is 98.2 Å². The fourth-order valence-corrected chi connectivity index (χ4v) is 2.40. The lowest BCUT2D eigenvalue weighted by atomic mass is 10.2. The van der Waals surface area contributed by atoms with Crippen molar-refractivity contribution in [1.82, 2.24) is 0 Å². The van der Waals surface area contributed by atoms with Gasteiger partial charge in [0.05, 0.1) is 5.69 Å². The van der Waals surface area contributed by atoms with Crippen molar-refractivity contribution in [2.75, 3.05) is 11.1 Å². The monoisotopic (exact) mass is 277 g/mol. The molecule has 0 amide bonds. The number of nitrogens with one attached hydrogen (secondary N) is 1. The Labute approximate surface area is 112 Å². The van der Waals surface area contributed by atoms with Gasteiger partial charge in [-0.2, -0.15) is 0 Å². The van der Waals surface area contributed by atoms with Crippen LogP contribution in [0.1, 0.15) is 5.56 Å². The van der Waals surface area contributed by atoms with Crippen molar-refractivity contribution in [1.29, 1.82) is 0 Å². The summed E-state index contributed by atoms with van der Waals surface area (Å²) in [6.07, 6.45) is 0. The van der Waals surface area contributed by atoms with E-state index in [2.05, 4.69) is 5.32 Å². The molecule has 0 unspecified atom stereocenters. The standard InChI is InChI=1S/C13H15N3O2S/c1-9-2-5-11(6-3-9)16-12-7-4-10(14)8-13(12)19(15,17)18/h2-8,16H,14H2,1H3,(H2,15,17,18). The minimum absolute atomic E-state index is 0.0203. The lowest BCUT2D eigenvalue weighted by molar-refractivity contribution is 0.598. The van der Waals surface area contributed by atoms with Gasteiger partial charge in [0.15, 0.2) is 0 Å². The first-order valence-electron chi connectivity index (χ1n) is 5.62. The van der Waals surface area contributed by atoms with Crippen LogP contribution in [-0.2, 0) is 10.0 Å². The highest BCUT2D eigenvalue weighted by Gasteiger charge is 2.14. The first-order valence-corrected chi connectivity index (χ1v) is 7.17. The largest absolute Gasteiger partial charge is 0.399 e. The van der Waals surface area contributed by atoms with E-state index >= 15 is 0 Å². The van der Waals surface area contributed by atoms with Gasteiger partial charge in [0.25, 0.3) is 0 Å². The van der Waals surface area contributed by atoms with Gasteiger partial charge in [-0.15, -0.1) is 0 Å². The maximum absolute atomic E-state index is 11.5. The number of primary sulfonamides is 1. The molecule has 2 rings (SSSR count). The van der Waals surface area contributed by atoms with Crippen LogP contribution in [0.5, 0.6) is 0 Å². The van der Waals surface area contributed by atoms with Crippen LogP contribution >= 0.6 is 0 Å². The van der Waals surface area contributed by atoms with E-state index in [-0.39, 0.29) is 4.90 Å². The van der Waals surface area contributed by atoms with E-state index in [0.29, 0.717) is 11.4 Å². The highest BCUT2D eigenvalue weighted by atomic mass is 32.2. The van der Waals surface area contributed by atoms with Crippen molar-refractivity contribution in [2.45, 2.75) is 11.8 Å². The van der Waals surface area contributed by atoms with Crippen molar-refractivity contribution in [3.63, 3.8) is 0 Å². The number of nitrogens with two attached hydrogens (primary N) is 2. The number of hydrogen-bond donors (Lipinski definition) is 3. The van der Waals surface area contributed by atoms with Gasteiger partial charge in [-0.05, 0) is 37.3 Å². The van der Waals surface area contributed by atoms with Crippen LogP contribution in [0.3, 0.4) is 0 Å². The molecule has 0 spiro atoms. The van der Waals surface area contributed by atoms with Crippen LogP contribution < -0.4 is 16.2 Å². The van der Waals surface area contributed by atoms with Crippen molar-refractivity contribution in [3.05, 3.63) is 48.0 Å². The average molecular weight is 277 g/mol. The van der Waals surface area contributed by atoms with Crippen molar-refractivity contribution in [2.24, 2.45) is 5.14 Å². The number of sulfonamides is 1. The Morgan fingerprint density at radius 2 is 1.68 bits per heavy atom. The SMILES string of the molecule is Cc1ccc(Nc2ccc(N)cc2S(N)(=O)=O)cc1. The molecule has 0 aliphatic carbocycles. The molecule has 2 aromatic carbocycles. The first-order chi connectivity index (χ1) is 8.86. The van der Waals surface area contributed by atoms with Crippen LogP contribution in [0.2, 0.25) is 0 Å². The summed E-state index contributed by atoms with van der Waals surface area (Å²) in [5.74, 6) is 0. The van der Waals surface area contributed by atoms with E-state index in [0.717, 1.165) is 11.3 Å². The summed E-state index contributed by atoms with van der Waals surface area (Å²) in [6.45, 7) is 1.97. The Balaban J connectivity index is 2.43. The van der Waals surface area contributed by atoms with Gasteiger partial charge < -0.3 is 11.1 Å². The Kier molecular flexibility index (Phi) is 3.46. The van der Waals surface area contributed by atoms with Crippen LogP contribution in [0.25, 0.3) is 0 Å². The number of nitrogen functional groups attached to an aromatic ring is 1. The van der Waals surface area contributed by atoms with Crippen molar-refractivity contribution in [3.8, 4) is 0 Å². The van der Waals surface area contributed by atoms with Gasteiger partial charge in [-0.25, -0.2) is 13.6 Å². The van der Waals surface area contributed by atoms with Crippen LogP contribution in [0, 0.1) is 6.92 Å². The van der Waals surface area contributed by atoms with Crippen LogP contribution in [0.4, 0.5) is 17.1 Å². The second kappa shape index (κ2) is 4.91. The van der Waals surface area contributed by atoms with Gasteiger partial charge >= 0.3 is 0 Å². The summed E-state index contributed by atoms with van der Waals surface area (Å²) < 4.78 is 23.1. The molecule has 0 aliphatic heterocycles. The summed E-state index contributed by atoms with van der Waals surface area (Å²) in [6, 6.07) is 12.1. The molecule has 0 saturated heterocycles. The van der Waals surface area contributed by atoms with Gasteiger partial charge in [0.1, 0.15) is 4.90 Å². The molecule has 0 bridgehead atoms. The van der Waals surface area contributed by atoms with Gasteiger partial charge in [-0.1, -0.05) is 17.7 Å². The highest BCUT2D eigenvalue weighted by molar-refractivity contribution is 7.89. The maximum Gasteiger partial charge on any atom is 0.240 e. The molecule has 0 fully saturated rings. The second-order valence-corrected chi connectivity index (χ2v) is 5.82. The number of rotatable bonds is 3. The zero-order valence-corrected chi connectivity index (χ0v) is 11.2. The molecular weight excluding hydrogens is 262 g/mol. The quantitative estimate of drug-likeness (QED) is 0.747. The Bertz CT molecular complexity index is 694. The van der Waals surface area contributed by atoms with Crippen LogP contribution in [0.15, 0.2) is 47.4 Å². The molecule has 0 aromatic heterocycles. The maximum atomic E-state index is 11.5. The summed E-state index contributed by atoms with van der Waals surface area (Å²) in [7, 11) is -3.83. The lowest BCUT2D eigenvalue weighted by Gasteiger charge is -2.11. The van der Waals surface area contributed by atoms with Crippen LogP contribution in [-0.4, -0.2) is 8.42 Å². The molecular formula is C13H15N3O2S. The molecule has 100 valence electrons. The summed E-state index contributed by atoms with van der Waals surface area (Å²) in [4.78, 5) is -0.0203. The molecule has 0 saturated carbocycles. The summed E-state index contributed by atoms with van der Waals surface area (Å²) in [5, 5.41) is 8.20. The third kappa shape index (κ3) is 3.24. The normalized spacial score (nSPS) is 11.3. The predicted octanol–water partition coefficient (Wildman–Crippen LogP) is 1.97. The van der Waals surface area contributed by atoms with E-state index in [1.54, 1.807) is 12.1 Å². The zero-order valence-electron chi connectivity index (χ0n) is 10.4. The second-order valence-electron chi connectivity index (χ2n) is 4.29. The summed E-state index contributed by atoms with van der Waals surface area (Å²) in [5.41, 5.74) is 8.24. The number of hydrogen-bond acceptors (Lipinski definition) is 4. The molecule has 0 heterocycles. The first kappa shape index (κ1) is 13.4. The molecule has 6 heteroatoms. The fraction of sp³-hybridized carbons (Fsp3) is 0.0769. The third-order valence-electron chi connectivity index (χ3n) is 2.64. The molecule has 19 heavy (non-hydrogen) atoms. The molecule has 5 N–H and O–H groups in total. The Morgan fingerprint density at radius 3 is 2.26 bits per heavy atom. The van der Waals surface area contributed by atoms with E-state index in [4.69, 9.17) is 10.9 Å². The molecule has 0 radical (unpaired) electrons. The zero-order chi connectivity index (χ0) is 14.0. The lowest BCUT2D eigenvalue weighted by Crippen LogP contribution is -2.14.